The number of nitrogens with zero attached hydrogens (tertiary/aromatic N) is 4. The number of amides is 2. The summed E-state index contributed by atoms with van der Waals surface area (Å²) in [5.74, 6) is 0.552. The van der Waals surface area contributed by atoms with Gasteiger partial charge in [-0.2, -0.15) is 5.10 Å². The summed E-state index contributed by atoms with van der Waals surface area (Å²) < 4.78 is 1.53. The van der Waals surface area contributed by atoms with Gasteiger partial charge in [0.05, 0.1) is 5.69 Å². The average Bonchev–Trinajstić information content (AvgIpc) is 2.93. The Hall–Kier alpha value is -2.44. The fourth-order valence-corrected chi connectivity index (χ4v) is 2.76. The lowest BCUT2D eigenvalue weighted by Gasteiger charge is -2.17. The van der Waals surface area contributed by atoms with Crippen molar-refractivity contribution < 1.29 is 4.79 Å². The fourth-order valence-electron chi connectivity index (χ4n) is 2.76. The van der Waals surface area contributed by atoms with Crippen molar-refractivity contribution in [1.29, 1.82) is 0 Å². The van der Waals surface area contributed by atoms with Gasteiger partial charge in [0, 0.05) is 12.2 Å². The van der Waals surface area contributed by atoms with Gasteiger partial charge in [0.1, 0.15) is 12.7 Å². The molecule has 1 saturated carbocycles. The van der Waals surface area contributed by atoms with Gasteiger partial charge in [0.25, 0.3) is 0 Å². The number of carbonyl (C=O) groups excluding carboxylic acids is 1. The van der Waals surface area contributed by atoms with E-state index in [-0.39, 0.29) is 12.1 Å². The van der Waals surface area contributed by atoms with Crippen LogP contribution in [0.2, 0.25) is 0 Å². The van der Waals surface area contributed by atoms with E-state index >= 15 is 0 Å². The molecular formula is C15H20N6O. The molecule has 1 aliphatic rings. The highest BCUT2D eigenvalue weighted by Gasteiger charge is 2.16. The van der Waals surface area contributed by atoms with E-state index in [1.807, 2.05) is 0 Å². The Bertz CT molecular complexity index is 604. The van der Waals surface area contributed by atoms with Gasteiger partial charge in [0.2, 0.25) is 0 Å². The summed E-state index contributed by atoms with van der Waals surface area (Å²) in [6.45, 7) is 0. The van der Waals surface area contributed by atoms with Gasteiger partial charge in [-0.15, -0.1) is 0 Å². The molecule has 1 fully saturated rings. The van der Waals surface area contributed by atoms with Gasteiger partial charge >= 0.3 is 6.03 Å². The summed E-state index contributed by atoms with van der Waals surface area (Å²) in [7, 11) is 0. The number of carbonyl (C=O) groups is 1. The third kappa shape index (κ3) is 3.60. The minimum Gasteiger partial charge on any atom is -0.335 e. The Labute approximate surface area is 129 Å². The number of aromatic nitrogens is 4. The van der Waals surface area contributed by atoms with E-state index in [0.717, 1.165) is 12.8 Å². The molecule has 0 aliphatic heterocycles. The zero-order valence-corrected chi connectivity index (χ0v) is 12.4. The second-order valence-electron chi connectivity index (χ2n) is 5.50. The van der Waals surface area contributed by atoms with E-state index in [1.165, 1.54) is 36.7 Å². The van der Waals surface area contributed by atoms with Gasteiger partial charge in [-0.3, -0.25) is 0 Å². The first-order chi connectivity index (χ1) is 10.8. The lowest BCUT2D eigenvalue weighted by molar-refractivity contribution is 0.247. The van der Waals surface area contributed by atoms with Crippen molar-refractivity contribution in [3.05, 3.63) is 31.0 Å². The summed E-state index contributed by atoms with van der Waals surface area (Å²) in [5.41, 5.74) is 0.610. The number of anilines is 1. The van der Waals surface area contributed by atoms with Crippen LogP contribution in [0.1, 0.15) is 38.5 Å². The standard InChI is InChI=1S/C15H20N6O/c22-15(19-12-6-3-1-2-4-7-12)20-13-8-5-9-17-14(13)21-11-16-10-18-21/h5,8-12H,1-4,6-7H2,(H2,19,20,22). The molecule has 116 valence electrons. The Morgan fingerprint density at radius 2 is 2.05 bits per heavy atom. The molecule has 0 saturated heterocycles. The quantitative estimate of drug-likeness (QED) is 0.853. The predicted molar refractivity (Wildman–Crippen MR) is 82.8 cm³/mol. The number of rotatable bonds is 3. The van der Waals surface area contributed by atoms with Gasteiger partial charge in [-0.25, -0.2) is 19.4 Å². The Kier molecular flexibility index (Phi) is 4.62. The maximum atomic E-state index is 12.2. The highest BCUT2D eigenvalue weighted by atomic mass is 16.2. The highest BCUT2D eigenvalue weighted by Crippen LogP contribution is 2.18. The van der Waals surface area contributed by atoms with Gasteiger partial charge in [-0.1, -0.05) is 25.7 Å². The first kappa shape index (κ1) is 14.5. The number of hydrogen-bond acceptors (Lipinski definition) is 4. The van der Waals surface area contributed by atoms with Crippen LogP contribution >= 0.6 is 0 Å². The van der Waals surface area contributed by atoms with Crippen molar-refractivity contribution in [1.82, 2.24) is 25.1 Å². The Balaban J connectivity index is 1.66. The zero-order chi connectivity index (χ0) is 15.2. The molecule has 0 radical (unpaired) electrons. The second kappa shape index (κ2) is 7.02. The topological polar surface area (TPSA) is 84.7 Å². The summed E-state index contributed by atoms with van der Waals surface area (Å²) in [4.78, 5) is 20.4. The minimum atomic E-state index is -0.193. The number of pyridine rings is 1. The molecule has 2 N–H and O–H groups in total. The lowest BCUT2D eigenvalue weighted by Crippen LogP contribution is -2.37. The van der Waals surface area contributed by atoms with Crippen LogP contribution in [0.3, 0.4) is 0 Å². The van der Waals surface area contributed by atoms with Crippen LogP contribution in [-0.2, 0) is 0 Å². The minimum absolute atomic E-state index is 0.193. The predicted octanol–water partition coefficient (Wildman–Crippen LogP) is 2.51. The Morgan fingerprint density at radius 1 is 1.23 bits per heavy atom. The molecule has 0 spiro atoms. The molecule has 22 heavy (non-hydrogen) atoms. The normalized spacial score (nSPS) is 16.0. The molecule has 2 heterocycles. The number of hydrogen-bond donors (Lipinski definition) is 2. The van der Waals surface area contributed by atoms with E-state index in [2.05, 4.69) is 25.7 Å². The molecule has 0 atom stereocenters. The van der Waals surface area contributed by atoms with Gasteiger partial charge in [0.15, 0.2) is 5.82 Å². The van der Waals surface area contributed by atoms with Crippen molar-refractivity contribution in [3.8, 4) is 5.82 Å². The zero-order valence-electron chi connectivity index (χ0n) is 12.4. The maximum absolute atomic E-state index is 12.2. The monoisotopic (exact) mass is 300 g/mol. The first-order valence-electron chi connectivity index (χ1n) is 7.70. The molecule has 2 amide bonds. The molecule has 2 aromatic rings. The van der Waals surface area contributed by atoms with Crippen molar-refractivity contribution >= 4 is 11.7 Å². The lowest BCUT2D eigenvalue weighted by atomic mass is 10.1. The average molecular weight is 300 g/mol. The van der Waals surface area contributed by atoms with E-state index in [1.54, 1.807) is 24.7 Å². The van der Waals surface area contributed by atoms with E-state index < -0.39 is 0 Å². The van der Waals surface area contributed by atoms with Crippen molar-refractivity contribution in [2.45, 2.75) is 44.6 Å². The van der Waals surface area contributed by atoms with Crippen molar-refractivity contribution in [3.63, 3.8) is 0 Å². The van der Waals surface area contributed by atoms with Crippen LogP contribution in [0, 0.1) is 0 Å². The van der Waals surface area contributed by atoms with Crippen LogP contribution in [0.15, 0.2) is 31.0 Å². The van der Waals surface area contributed by atoms with E-state index in [0.29, 0.717) is 11.5 Å². The molecular weight excluding hydrogens is 280 g/mol. The maximum Gasteiger partial charge on any atom is 0.319 e. The van der Waals surface area contributed by atoms with Crippen LogP contribution < -0.4 is 10.6 Å². The van der Waals surface area contributed by atoms with Crippen LogP contribution in [-0.4, -0.2) is 31.8 Å². The number of nitrogens with one attached hydrogen (secondary N) is 2. The molecule has 0 bridgehead atoms. The van der Waals surface area contributed by atoms with Gasteiger partial charge < -0.3 is 10.6 Å². The first-order valence-corrected chi connectivity index (χ1v) is 7.70. The second-order valence-corrected chi connectivity index (χ2v) is 5.50. The van der Waals surface area contributed by atoms with Gasteiger partial charge in [-0.05, 0) is 25.0 Å². The van der Waals surface area contributed by atoms with Crippen LogP contribution in [0.5, 0.6) is 0 Å². The summed E-state index contributed by atoms with van der Waals surface area (Å²) >= 11 is 0. The Morgan fingerprint density at radius 3 is 2.77 bits per heavy atom. The van der Waals surface area contributed by atoms with Crippen molar-refractivity contribution in [2.75, 3.05) is 5.32 Å². The largest absolute Gasteiger partial charge is 0.335 e. The molecule has 1 aliphatic carbocycles. The molecule has 7 heteroatoms. The van der Waals surface area contributed by atoms with Crippen LogP contribution in [0.4, 0.5) is 10.5 Å². The molecule has 0 aromatic carbocycles. The summed E-state index contributed by atoms with van der Waals surface area (Å²) in [5, 5.41) is 9.98. The SMILES string of the molecule is O=C(Nc1cccnc1-n1cncn1)NC1CCCCCC1. The molecule has 2 aromatic heterocycles. The highest BCUT2D eigenvalue weighted by molar-refractivity contribution is 5.91. The molecule has 3 rings (SSSR count). The fraction of sp³-hybridized carbons (Fsp3) is 0.467. The van der Waals surface area contributed by atoms with E-state index in [4.69, 9.17) is 0 Å². The molecule has 0 unspecified atom stereocenters. The summed E-state index contributed by atoms with van der Waals surface area (Å²) in [6.07, 6.45) is 11.6. The van der Waals surface area contributed by atoms with Crippen molar-refractivity contribution in [2.24, 2.45) is 0 Å². The third-order valence-electron chi connectivity index (χ3n) is 3.86. The van der Waals surface area contributed by atoms with Crippen LogP contribution in [0.25, 0.3) is 5.82 Å². The third-order valence-corrected chi connectivity index (χ3v) is 3.86. The van der Waals surface area contributed by atoms with E-state index in [9.17, 15) is 4.79 Å². The molecule has 7 nitrogen and oxygen atoms in total. The smallest absolute Gasteiger partial charge is 0.319 e. The summed E-state index contributed by atoms with van der Waals surface area (Å²) in [6, 6.07) is 3.65. The number of urea groups is 1.